The molecule has 0 bridgehead atoms. The first-order chi connectivity index (χ1) is 19.4. The molecule has 0 unspecified atom stereocenters. The Morgan fingerprint density at radius 2 is 1.65 bits per heavy atom. The highest BCUT2D eigenvalue weighted by Gasteiger charge is 2.36. The summed E-state index contributed by atoms with van der Waals surface area (Å²) in [6.07, 6.45) is 2.40. The van der Waals surface area contributed by atoms with Gasteiger partial charge in [-0.25, -0.2) is 22.5 Å². The molecule has 208 valence electrons. The zero-order valence-corrected chi connectivity index (χ0v) is 23.1. The maximum Gasteiger partial charge on any atom is 0.322 e. The number of carbonyl (C=O) groups is 1. The number of rotatable bonds is 6. The summed E-state index contributed by atoms with van der Waals surface area (Å²) >= 11 is 0. The van der Waals surface area contributed by atoms with Gasteiger partial charge in [-0.2, -0.15) is 0 Å². The molecule has 3 aliphatic rings. The lowest BCUT2D eigenvalue weighted by Gasteiger charge is -2.33. The molecule has 2 amide bonds. The molecular formula is C30H34N6O3S. The van der Waals surface area contributed by atoms with Gasteiger partial charge in [0, 0.05) is 37.9 Å². The van der Waals surface area contributed by atoms with Gasteiger partial charge in [-0.05, 0) is 54.2 Å². The highest BCUT2D eigenvalue weighted by atomic mass is 32.2. The Kier molecular flexibility index (Phi) is 7.20. The molecule has 1 fully saturated rings. The number of guanidine groups is 1. The fourth-order valence-electron chi connectivity index (χ4n) is 5.80. The normalized spacial score (nSPS) is 19.9. The topological polar surface area (TPSA) is 111 Å². The van der Waals surface area contributed by atoms with E-state index in [9.17, 15) is 13.2 Å². The summed E-state index contributed by atoms with van der Waals surface area (Å²) < 4.78 is 28.2. The van der Waals surface area contributed by atoms with Gasteiger partial charge in [0.05, 0.1) is 17.5 Å². The minimum atomic E-state index is -3.88. The second-order valence-corrected chi connectivity index (χ2v) is 12.5. The number of carbonyl (C=O) groups excluding carboxylic acids is 1. The number of piperidine rings is 1. The first-order valence-corrected chi connectivity index (χ1v) is 15.2. The quantitative estimate of drug-likeness (QED) is 0.481. The first-order valence-electron chi connectivity index (χ1n) is 13.8. The number of fused-ring (bicyclic) bond motifs is 1. The van der Waals surface area contributed by atoms with Crippen LogP contribution in [0.1, 0.15) is 35.6 Å². The highest BCUT2D eigenvalue weighted by molar-refractivity contribution is 7.89. The third-order valence-electron chi connectivity index (χ3n) is 8.01. The Bertz CT molecular complexity index is 1500. The third kappa shape index (κ3) is 5.29. The molecule has 9 nitrogen and oxygen atoms in total. The van der Waals surface area contributed by atoms with Crippen molar-refractivity contribution in [3.8, 4) is 0 Å². The molecule has 0 spiro atoms. The van der Waals surface area contributed by atoms with Crippen LogP contribution in [-0.4, -0.2) is 61.8 Å². The Hall–Kier alpha value is -3.89. The van der Waals surface area contributed by atoms with Crippen LogP contribution in [-0.2, 0) is 23.0 Å². The second kappa shape index (κ2) is 10.9. The molecule has 0 aliphatic carbocycles. The molecule has 3 aliphatic heterocycles. The summed E-state index contributed by atoms with van der Waals surface area (Å²) in [5, 5.41) is 3.20. The predicted molar refractivity (Wildman–Crippen MR) is 155 cm³/mol. The van der Waals surface area contributed by atoms with Crippen molar-refractivity contribution in [3.63, 3.8) is 0 Å². The summed E-state index contributed by atoms with van der Waals surface area (Å²) in [5.41, 5.74) is 9.88. The molecule has 6 rings (SSSR count). The molecule has 10 heteroatoms. The van der Waals surface area contributed by atoms with Gasteiger partial charge < -0.3 is 11.1 Å². The maximum absolute atomic E-state index is 13.5. The van der Waals surface area contributed by atoms with Gasteiger partial charge in [0.25, 0.3) is 10.0 Å². The minimum Gasteiger partial charge on any atom is -0.369 e. The smallest absolute Gasteiger partial charge is 0.322 e. The summed E-state index contributed by atoms with van der Waals surface area (Å²) in [4.78, 5) is 21.9. The minimum absolute atomic E-state index is 0.00910. The second-order valence-electron chi connectivity index (χ2n) is 10.6. The number of anilines is 1. The zero-order valence-electron chi connectivity index (χ0n) is 22.3. The molecular weight excluding hydrogens is 524 g/mol. The summed E-state index contributed by atoms with van der Waals surface area (Å²) in [7, 11) is -3.88. The number of hydrogen-bond donors (Lipinski definition) is 2. The molecule has 0 radical (unpaired) electrons. The van der Waals surface area contributed by atoms with Gasteiger partial charge >= 0.3 is 6.03 Å². The van der Waals surface area contributed by atoms with Crippen molar-refractivity contribution in [2.75, 3.05) is 31.1 Å². The number of nitrogens with two attached hydrogens (primary N) is 1. The molecule has 3 aromatic rings. The maximum atomic E-state index is 13.5. The zero-order chi connectivity index (χ0) is 27.7. The van der Waals surface area contributed by atoms with Crippen molar-refractivity contribution in [2.24, 2.45) is 10.7 Å². The van der Waals surface area contributed by atoms with Gasteiger partial charge in [-0.15, -0.1) is 0 Å². The van der Waals surface area contributed by atoms with Crippen molar-refractivity contribution >= 4 is 27.7 Å². The highest BCUT2D eigenvalue weighted by Crippen LogP contribution is 2.33. The van der Waals surface area contributed by atoms with E-state index in [1.54, 1.807) is 23.1 Å². The lowest BCUT2D eigenvalue weighted by molar-refractivity contribution is 0.188. The molecule has 1 atom stereocenters. The molecule has 3 N–H and O–H groups in total. The van der Waals surface area contributed by atoms with E-state index < -0.39 is 10.0 Å². The molecule has 1 saturated heterocycles. The van der Waals surface area contributed by atoms with Crippen molar-refractivity contribution in [1.82, 2.24) is 14.5 Å². The average molecular weight is 559 g/mol. The number of aliphatic imine (C=N–C) groups is 1. The fraction of sp³-hybridized carbons (Fsp3) is 0.333. The number of amides is 2. The van der Waals surface area contributed by atoms with Crippen molar-refractivity contribution < 1.29 is 13.2 Å². The first kappa shape index (κ1) is 26.3. The van der Waals surface area contributed by atoms with Crippen LogP contribution >= 0.6 is 0 Å². The van der Waals surface area contributed by atoms with Gasteiger partial charge in [0.2, 0.25) is 5.96 Å². The lowest BCUT2D eigenvalue weighted by Crippen LogP contribution is -2.48. The monoisotopic (exact) mass is 558 g/mol. The molecule has 0 saturated carbocycles. The predicted octanol–water partition coefficient (Wildman–Crippen LogP) is 3.48. The molecule has 3 aromatic carbocycles. The fourth-order valence-corrected chi connectivity index (χ4v) is 7.21. The number of sulfonamides is 1. The van der Waals surface area contributed by atoms with Crippen LogP contribution in [0.2, 0.25) is 0 Å². The van der Waals surface area contributed by atoms with E-state index >= 15 is 0 Å². The summed E-state index contributed by atoms with van der Waals surface area (Å²) in [6.45, 7) is 3.47. The van der Waals surface area contributed by atoms with Gasteiger partial charge in [0.15, 0.2) is 0 Å². The summed E-state index contributed by atoms with van der Waals surface area (Å²) in [6, 6.07) is 24.6. The van der Waals surface area contributed by atoms with Crippen LogP contribution in [0, 0.1) is 0 Å². The Morgan fingerprint density at radius 1 is 0.950 bits per heavy atom. The van der Waals surface area contributed by atoms with Crippen LogP contribution in [0.4, 0.5) is 10.5 Å². The van der Waals surface area contributed by atoms with Gasteiger partial charge in [-0.3, -0.25) is 9.80 Å². The Balaban J connectivity index is 1.08. The van der Waals surface area contributed by atoms with E-state index in [0.29, 0.717) is 13.0 Å². The number of hydrogen-bond acceptors (Lipinski definition) is 6. The Morgan fingerprint density at radius 3 is 2.38 bits per heavy atom. The SMILES string of the molecule is NC1=N[C@@H](c2ccccc2)CN1S(=O)(=O)c1ccc2c(c1)CCN2C(=O)NC1CCN(Cc2ccccc2)CC1. The van der Waals surface area contributed by atoms with E-state index in [-0.39, 0.29) is 35.5 Å². The van der Waals surface area contributed by atoms with Crippen LogP contribution in [0.3, 0.4) is 0 Å². The van der Waals surface area contributed by atoms with E-state index in [2.05, 4.69) is 39.5 Å². The van der Waals surface area contributed by atoms with Crippen LogP contribution in [0.15, 0.2) is 88.8 Å². The van der Waals surface area contributed by atoms with Gasteiger partial charge in [-0.1, -0.05) is 60.7 Å². The van der Waals surface area contributed by atoms with E-state index in [1.807, 2.05) is 36.4 Å². The van der Waals surface area contributed by atoms with E-state index in [0.717, 1.165) is 49.3 Å². The molecule has 0 aromatic heterocycles. The largest absolute Gasteiger partial charge is 0.369 e. The van der Waals surface area contributed by atoms with Crippen LogP contribution in [0.25, 0.3) is 0 Å². The summed E-state index contributed by atoms with van der Waals surface area (Å²) in [5.74, 6) is -0.00910. The van der Waals surface area contributed by atoms with Crippen molar-refractivity contribution in [3.05, 3.63) is 95.6 Å². The number of likely N-dealkylation sites (tertiary alicyclic amines) is 1. The van der Waals surface area contributed by atoms with Crippen molar-refractivity contribution in [1.29, 1.82) is 0 Å². The number of nitrogens with zero attached hydrogens (tertiary/aromatic N) is 4. The molecule has 3 heterocycles. The Labute approximate surface area is 235 Å². The van der Waals surface area contributed by atoms with Crippen LogP contribution in [0.5, 0.6) is 0 Å². The number of benzene rings is 3. The lowest BCUT2D eigenvalue weighted by atomic mass is 10.0. The number of urea groups is 1. The van der Waals surface area contributed by atoms with Crippen LogP contribution < -0.4 is 16.0 Å². The third-order valence-corrected chi connectivity index (χ3v) is 9.78. The van der Waals surface area contributed by atoms with Crippen molar-refractivity contribution in [2.45, 2.75) is 42.8 Å². The average Bonchev–Trinajstić information content (AvgIpc) is 3.59. The number of nitrogens with one attached hydrogen (secondary N) is 1. The van der Waals surface area contributed by atoms with Gasteiger partial charge in [0.1, 0.15) is 0 Å². The van der Waals surface area contributed by atoms with E-state index in [1.165, 1.54) is 9.87 Å². The molecule has 40 heavy (non-hydrogen) atoms. The standard InChI is InChI=1S/C30H34N6O3S/c31-29-33-27(23-9-5-2-6-10-23)21-36(29)40(38,39)26-11-12-28-24(19-26)13-18-35(28)30(37)32-25-14-16-34(17-15-25)20-22-7-3-1-4-8-22/h1-12,19,25,27H,13-18,20-21H2,(H2,31,33)(H,32,37)/t27-/m1/s1. The van der Waals surface area contributed by atoms with E-state index in [4.69, 9.17) is 5.73 Å².